The van der Waals surface area contributed by atoms with Crippen LogP contribution < -0.4 is 0 Å². The van der Waals surface area contributed by atoms with E-state index in [1.807, 2.05) is 30.5 Å². The van der Waals surface area contributed by atoms with E-state index in [0.717, 1.165) is 10.9 Å². The smallest absolute Gasteiger partial charge is 0.198 e. The van der Waals surface area contributed by atoms with Crippen LogP contribution in [-0.4, -0.2) is 26.9 Å². The van der Waals surface area contributed by atoms with Gasteiger partial charge in [-0.3, -0.25) is 0 Å². The summed E-state index contributed by atoms with van der Waals surface area (Å²) in [5.41, 5.74) is 1.56. The second kappa shape index (κ2) is 4.67. The first-order valence-electron chi connectivity index (χ1n) is 4.64. The Morgan fingerprint density at radius 3 is 3.00 bits per heavy atom. The number of thiocarbonyl (C=S) groups is 1. The minimum Gasteiger partial charge on any atom is -0.494 e. The molecule has 0 aliphatic carbocycles. The van der Waals surface area contributed by atoms with Crippen molar-refractivity contribution in [3.8, 4) is 5.88 Å². The summed E-state index contributed by atoms with van der Waals surface area (Å²) in [5, 5.41) is 10.7. The second-order valence-electron chi connectivity index (χ2n) is 3.16. The molecule has 0 saturated heterocycles. The molecule has 0 bridgehead atoms. The largest absolute Gasteiger partial charge is 0.494 e. The number of benzene rings is 1. The Morgan fingerprint density at radius 2 is 2.25 bits per heavy atom. The maximum atomic E-state index is 9.72. The highest BCUT2D eigenvalue weighted by Crippen LogP contribution is 2.25. The third-order valence-electron chi connectivity index (χ3n) is 2.20. The minimum atomic E-state index is 0.119. The zero-order valence-corrected chi connectivity index (χ0v) is 10.2. The van der Waals surface area contributed by atoms with Crippen molar-refractivity contribution in [2.45, 2.75) is 0 Å². The van der Waals surface area contributed by atoms with Gasteiger partial charge in [0.1, 0.15) is 0 Å². The van der Waals surface area contributed by atoms with Gasteiger partial charge >= 0.3 is 0 Å². The number of aromatic amines is 1. The van der Waals surface area contributed by atoms with Crippen LogP contribution in [0.15, 0.2) is 29.3 Å². The van der Waals surface area contributed by atoms with Gasteiger partial charge in [-0.15, -0.1) is 0 Å². The lowest BCUT2D eigenvalue weighted by atomic mass is 10.2. The molecule has 1 aromatic heterocycles. The number of rotatable bonds is 1. The van der Waals surface area contributed by atoms with Gasteiger partial charge in [0.05, 0.1) is 5.56 Å². The topological polar surface area (TPSA) is 48.4 Å². The van der Waals surface area contributed by atoms with Crippen LogP contribution in [0.3, 0.4) is 0 Å². The van der Waals surface area contributed by atoms with Crippen LogP contribution in [0.5, 0.6) is 5.88 Å². The number of aromatic hydroxyl groups is 1. The maximum absolute atomic E-state index is 9.72. The van der Waals surface area contributed by atoms with E-state index in [-0.39, 0.29) is 5.88 Å². The molecule has 0 aliphatic heterocycles. The van der Waals surface area contributed by atoms with Gasteiger partial charge in [-0.25, -0.2) is 4.99 Å². The van der Waals surface area contributed by atoms with E-state index < -0.39 is 0 Å². The summed E-state index contributed by atoms with van der Waals surface area (Å²) in [7, 11) is 0. The molecular formula is C11H10N2OS2. The molecule has 1 heterocycles. The number of thioether (sulfide) groups is 1. The minimum absolute atomic E-state index is 0.119. The number of H-pyrrole nitrogens is 1. The summed E-state index contributed by atoms with van der Waals surface area (Å²) >= 11 is 6.37. The molecular weight excluding hydrogens is 240 g/mol. The summed E-state index contributed by atoms with van der Waals surface area (Å²) < 4.78 is 0.546. The molecule has 0 amide bonds. The fourth-order valence-electron chi connectivity index (χ4n) is 1.45. The number of hydrogen-bond donors (Lipinski definition) is 2. The number of nitrogens with one attached hydrogen (secondary N) is 1. The number of aromatic nitrogens is 1. The third-order valence-corrected chi connectivity index (χ3v) is 3.26. The van der Waals surface area contributed by atoms with Crippen LogP contribution in [0, 0.1) is 0 Å². The van der Waals surface area contributed by atoms with Gasteiger partial charge in [-0.1, -0.05) is 42.2 Å². The van der Waals surface area contributed by atoms with Gasteiger partial charge in [-0.05, 0) is 12.3 Å². The number of aliphatic imine (C=N–C) groups is 1. The standard InChI is InChI=1S/C11H10N2OS2/c1-16-11(15)12-6-8-7-4-2-3-5-9(7)13-10(8)14/h2-6,13-14H,1H3/b12-6+. The van der Waals surface area contributed by atoms with E-state index >= 15 is 0 Å². The average molecular weight is 250 g/mol. The van der Waals surface area contributed by atoms with Crippen LogP contribution in [0.1, 0.15) is 5.56 Å². The zero-order chi connectivity index (χ0) is 11.5. The molecule has 0 aliphatic rings. The zero-order valence-electron chi connectivity index (χ0n) is 8.60. The Hall–Kier alpha value is -1.33. The third kappa shape index (κ3) is 2.10. The lowest BCUT2D eigenvalue weighted by Gasteiger charge is -1.92. The van der Waals surface area contributed by atoms with Crippen LogP contribution >= 0.6 is 24.0 Å². The summed E-state index contributed by atoms with van der Waals surface area (Å²) in [6.45, 7) is 0. The molecule has 0 fully saturated rings. The Balaban J connectivity index is 2.47. The molecule has 0 spiro atoms. The molecule has 2 rings (SSSR count). The van der Waals surface area contributed by atoms with Gasteiger partial charge in [0.15, 0.2) is 10.2 Å². The highest BCUT2D eigenvalue weighted by molar-refractivity contribution is 8.22. The van der Waals surface area contributed by atoms with E-state index in [2.05, 4.69) is 9.98 Å². The van der Waals surface area contributed by atoms with E-state index in [1.54, 1.807) is 6.21 Å². The van der Waals surface area contributed by atoms with Crippen molar-refractivity contribution in [2.24, 2.45) is 4.99 Å². The van der Waals surface area contributed by atoms with Crippen molar-refractivity contribution in [2.75, 3.05) is 6.26 Å². The van der Waals surface area contributed by atoms with E-state index in [0.29, 0.717) is 9.88 Å². The molecule has 16 heavy (non-hydrogen) atoms. The maximum Gasteiger partial charge on any atom is 0.198 e. The van der Waals surface area contributed by atoms with Crippen molar-refractivity contribution in [1.82, 2.24) is 4.98 Å². The van der Waals surface area contributed by atoms with Crippen LogP contribution in [-0.2, 0) is 0 Å². The molecule has 3 nitrogen and oxygen atoms in total. The molecule has 2 N–H and O–H groups in total. The van der Waals surface area contributed by atoms with Gasteiger partial charge in [-0.2, -0.15) is 0 Å². The SMILES string of the molecule is CSC(=S)/N=C/c1c(O)[nH]c2ccccc12. The van der Waals surface area contributed by atoms with Crippen molar-refractivity contribution >= 4 is 45.4 Å². The molecule has 0 saturated carbocycles. The lowest BCUT2D eigenvalue weighted by Crippen LogP contribution is -1.84. The van der Waals surface area contributed by atoms with Crippen LogP contribution in [0.25, 0.3) is 10.9 Å². The lowest BCUT2D eigenvalue weighted by molar-refractivity contribution is 0.457. The fourth-order valence-corrected chi connectivity index (χ4v) is 1.66. The molecule has 0 radical (unpaired) electrons. The summed E-state index contributed by atoms with van der Waals surface area (Å²) in [5.74, 6) is 0.119. The van der Waals surface area contributed by atoms with Crippen molar-refractivity contribution in [3.63, 3.8) is 0 Å². The van der Waals surface area contributed by atoms with Crippen molar-refractivity contribution < 1.29 is 5.11 Å². The normalized spacial score (nSPS) is 11.3. The van der Waals surface area contributed by atoms with Crippen molar-refractivity contribution in [1.29, 1.82) is 0 Å². The van der Waals surface area contributed by atoms with Crippen LogP contribution in [0.2, 0.25) is 0 Å². The first-order chi connectivity index (χ1) is 7.72. The predicted octanol–water partition coefficient (Wildman–Crippen LogP) is 2.94. The highest BCUT2D eigenvalue weighted by atomic mass is 32.2. The van der Waals surface area contributed by atoms with Gasteiger partial charge in [0, 0.05) is 17.1 Å². The summed E-state index contributed by atoms with van der Waals surface area (Å²) in [6, 6.07) is 7.65. The number of fused-ring (bicyclic) bond motifs is 1. The Bertz CT molecular complexity index is 560. The Labute approximate surface area is 103 Å². The quantitative estimate of drug-likeness (QED) is 0.604. The number of hydrogen-bond acceptors (Lipinski definition) is 3. The second-order valence-corrected chi connectivity index (χ2v) is 4.60. The van der Waals surface area contributed by atoms with E-state index in [1.165, 1.54) is 11.8 Å². The molecule has 1 aromatic carbocycles. The summed E-state index contributed by atoms with van der Waals surface area (Å²) in [6.07, 6.45) is 3.46. The first kappa shape index (κ1) is 11.2. The van der Waals surface area contributed by atoms with Gasteiger partial charge in [0.2, 0.25) is 0 Å². The van der Waals surface area contributed by atoms with Crippen LogP contribution in [0.4, 0.5) is 0 Å². The molecule has 82 valence electrons. The summed E-state index contributed by atoms with van der Waals surface area (Å²) in [4.78, 5) is 6.97. The van der Waals surface area contributed by atoms with Gasteiger partial charge in [0.25, 0.3) is 0 Å². The monoisotopic (exact) mass is 250 g/mol. The van der Waals surface area contributed by atoms with Gasteiger partial charge < -0.3 is 10.1 Å². The number of para-hydroxylation sites is 1. The van der Waals surface area contributed by atoms with E-state index in [4.69, 9.17) is 12.2 Å². The fraction of sp³-hybridized carbons (Fsp3) is 0.0909. The average Bonchev–Trinajstić information content (AvgIpc) is 2.62. The van der Waals surface area contributed by atoms with E-state index in [9.17, 15) is 5.11 Å². The molecule has 0 atom stereocenters. The Morgan fingerprint density at radius 1 is 1.50 bits per heavy atom. The predicted molar refractivity (Wildman–Crippen MR) is 73.7 cm³/mol. The molecule has 2 aromatic rings. The molecule has 0 unspecified atom stereocenters. The molecule has 5 heteroatoms. The Kier molecular flexibility index (Phi) is 3.26. The first-order valence-corrected chi connectivity index (χ1v) is 6.27. The van der Waals surface area contributed by atoms with Crippen molar-refractivity contribution in [3.05, 3.63) is 29.8 Å². The number of nitrogens with zero attached hydrogens (tertiary/aromatic N) is 1. The highest BCUT2D eigenvalue weighted by Gasteiger charge is 2.07.